The first kappa shape index (κ1) is 38.4. The van der Waals surface area contributed by atoms with Gasteiger partial charge in [0.05, 0.1) is 26.2 Å². The van der Waals surface area contributed by atoms with Crippen LogP contribution in [-0.4, -0.2) is 27.9 Å². The molecule has 0 saturated carbocycles. The zero-order valence-corrected chi connectivity index (χ0v) is 35.8. The Balaban J connectivity index is 1.02. The van der Waals surface area contributed by atoms with Gasteiger partial charge in [0, 0.05) is 33.2 Å². The van der Waals surface area contributed by atoms with Crippen molar-refractivity contribution in [3.05, 3.63) is 253 Å². The highest BCUT2D eigenvalue weighted by atomic mass is 32.2. The van der Waals surface area contributed by atoms with Crippen LogP contribution in [0.2, 0.25) is 0 Å². The van der Waals surface area contributed by atoms with Crippen molar-refractivity contribution in [1.29, 1.82) is 0 Å². The van der Waals surface area contributed by atoms with E-state index in [2.05, 4.69) is 120 Å². The molecule has 0 saturated heterocycles. The molecular formula is C58H38N4O2S. The highest BCUT2D eigenvalue weighted by Gasteiger charge is 2.48. The Hall–Kier alpha value is -8.26. The number of hydrogen-bond donors (Lipinski definition) is 0. The molecule has 7 heteroatoms. The van der Waals surface area contributed by atoms with E-state index in [-0.39, 0.29) is 0 Å². The molecule has 0 aliphatic carbocycles. The molecular weight excluding hydrogens is 817 g/mol. The normalized spacial score (nSPS) is 13.6. The molecule has 9 aromatic carbocycles. The number of hydrogen-bond acceptors (Lipinski definition) is 5. The standard InChI is InChI=1S/C58H38N4O2S/c63-65(64)53-32-14-11-29-49(53)58(44-23-6-2-7-24-44,50-30-12-15-33-54(50)65)45-25-17-21-41(37-45)40-20-16-22-42(36-40)56-59-55(39-18-4-1-5-19-39)60-57(61-56)43-34-35-52-48(38-43)47-28-10-13-31-51(47)62(52)46-26-8-3-9-27-46/h1-38H. The quantitative estimate of drug-likeness (QED) is 0.160. The average molecular weight is 855 g/mol. The Kier molecular flexibility index (Phi) is 9.00. The summed E-state index contributed by atoms with van der Waals surface area (Å²) in [6, 6.07) is 77.4. The van der Waals surface area contributed by atoms with E-state index in [1.807, 2.05) is 91.0 Å². The molecule has 3 heterocycles. The maximum Gasteiger partial charge on any atom is 0.207 e. The van der Waals surface area contributed by atoms with Crippen molar-refractivity contribution in [3.8, 4) is 51.0 Å². The van der Waals surface area contributed by atoms with Gasteiger partial charge >= 0.3 is 0 Å². The van der Waals surface area contributed by atoms with Gasteiger partial charge in [0.25, 0.3) is 0 Å². The smallest absolute Gasteiger partial charge is 0.207 e. The second kappa shape index (κ2) is 15.2. The van der Waals surface area contributed by atoms with Gasteiger partial charge in [-0.1, -0.05) is 170 Å². The van der Waals surface area contributed by atoms with Crippen LogP contribution >= 0.6 is 0 Å². The van der Waals surface area contributed by atoms with E-state index < -0.39 is 15.3 Å². The molecule has 6 nitrogen and oxygen atoms in total. The van der Waals surface area contributed by atoms with Gasteiger partial charge in [-0.15, -0.1) is 0 Å². The first-order valence-corrected chi connectivity index (χ1v) is 23.1. The summed E-state index contributed by atoms with van der Waals surface area (Å²) in [4.78, 5) is 16.1. The summed E-state index contributed by atoms with van der Waals surface area (Å²) in [6.07, 6.45) is 0. The fourth-order valence-corrected chi connectivity index (χ4v) is 11.6. The third kappa shape index (κ3) is 6.15. The summed E-state index contributed by atoms with van der Waals surface area (Å²) >= 11 is 0. The Morgan fingerprint density at radius 2 is 0.831 bits per heavy atom. The lowest BCUT2D eigenvalue weighted by Gasteiger charge is -2.41. The summed E-state index contributed by atoms with van der Waals surface area (Å²) in [7, 11) is -3.79. The summed E-state index contributed by atoms with van der Waals surface area (Å²) in [5.74, 6) is 1.72. The summed E-state index contributed by atoms with van der Waals surface area (Å²) < 4.78 is 30.9. The van der Waals surface area contributed by atoms with E-state index in [4.69, 9.17) is 15.0 Å². The third-order valence-electron chi connectivity index (χ3n) is 12.7. The molecule has 0 spiro atoms. The largest absolute Gasteiger partial charge is 0.309 e. The topological polar surface area (TPSA) is 77.7 Å². The molecule has 0 N–H and O–H groups in total. The van der Waals surface area contributed by atoms with Gasteiger partial charge in [0.1, 0.15) is 0 Å². The lowest BCUT2D eigenvalue weighted by Crippen LogP contribution is -2.37. The van der Waals surface area contributed by atoms with E-state index in [0.717, 1.165) is 77.6 Å². The van der Waals surface area contributed by atoms with Crippen LogP contribution in [0.1, 0.15) is 22.3 Å². The van der Waals surface area contributed by atoms with E-state index in [0.29, 0.717) is 27.3 Å². The number of aromatic nitrogens is 4. The molecule has 308 valence electrons. The van der Waals surface area contributed by atoms with Crippen LogP contribution in [0.4, 0.5) is 0 Å². The number of para-hydroxylation sites is 2. The van der Waals surface area contributed by atoms with Gasteiger partial charge in [-0.3, -0.25) is 0 Å². The lowest BCUT2D eigenvalue weighted by atomic mass is 9.64. The van der Waals surface area contributed by atoms with Gasteiger partial charge in [-0.25, -0.2) is 23.4 Å². The molecule has 0 atom stereocenters. The van der Waals surface area contributed by atoms with Gasteiger partial charge in [-0.2, -0.15) is 0 Å². The van der Waals surface area contributed by atoms with Gasteiger partial charge in [0.2, 0.25) is 9.84 Å². The molecule has 11 aromatic rings. The SMILES string of the molecule is O=S1(=O)c2ccccc2C(c2ccccc2)(c2cccc(-c3cccc(-c4nc(-c5ccccc5)nc(-c5ccc6c(c5)c5ccccc5n6-c5ccccc5)n4)c3)c2)c2ccccc21. The van der Waals surface area contributed by atoms with Crippen molar-refractivity contribution in [1.82, 2.24) is 19.5 Å². The minimum atomic E-state index is -3.79. The zero-order valence-electron chi connectivity index (χ0n) is 35.0. The van der Waals surface area contributed by atoms with Crippen LogP contribution in [0.25, 0.3) is 72.8 Å². The number of fused-ring (bicyclic) bond motifs is 5. The Bertz CT molecular complexity index is 3680. The molecule has 2 aromatic heterocycles. The second-order valence-electron chi connectivity index (χ2n) is 16.4. The predicted molar refractivity (Wildman–Crippen MR) is 260 cm³/mol. The van der Waals surface area contributed by atoms with Gasteiger partial charge in [0.15, 0.2) is 17.5 Å². The fourth-order valence-electron chi connectivity index (χ4n) is 9.85. The average Bonchev–Trinajstić information content (AvgIpc) is 3.71. The Morgan fingerprint density at radius 3 is 1.52 bits per heavy atom. The minimum Gasteiger partial charge on any atom is -0.309 e. The number of rotatable bonds is 7. The second-order valence-corrected chi connectivity index (χ2v) is 18.3. The van der Waals surface area contributed by atoms with Crippen molar-refractivity contribution in [2.75, 3.05) is 0 Å². The maximum atomic E-state index is 14.3. The molecule has 1 aliphatic heterocycles. The van der Waals surface area contributed by atoms with Crippen LogP contribution in [0.15, 0.2) is 240 Å². The fraction of sp³-hybridized carbons (Fsp3) is 0.0172. The van der Waals surface area contributed by atoms with E-state index >= 15 is 0 Å². The molecule has 12 rings (SSSR count). The van der Waals surface area contributed by atoms with Crippen molar-refractivity contribution >= 4 is 31.6 Å². The van der Waals surface area contributed by atoms with E-state index in [1.165, 1.54) is 0 Å². The number of nitrogens with zero attached hydrogens (tertiary/aromatic N) is 4. The van der Waals surface area contributed by atoms with Crippen LogP contribution in [0.5, 0.6) is 0 Å². The maximum absolute atomic E-state index is 14.3. The Morgan fingerprint density at radius 1 is 0.354 bits per heavy atom. The first-order valence-electron chi connectivity index (χ1n) is 21.6. The molecule has 0 radical (unpaired) electrons. The summed E-state index contributed by atoms with van der Waals surface area (Å²) in [5.41, 5.74) is 10.4. The van der Waals surface area contributed by atoms with Gasteiger partial charge < -0.3 is 4.57 Å². The zero-order chi connectivity index (χ0) is 43.5. The number of benzene rings is 9. The minimum absolute atomic E-state index is 0.316. The van der Waals surface area contributed by atoms with Crippen LogP contribution in [0, 0.1) is 0 Å². The highest BCUT2D eigenvalue weighted by Crippen LogP contribution is 2.54. The van der Waals surface area contributed by atoms with Crippen LogP contribution in [0.3, 0.4) is 0 Å². The molecule has 0 bridgehead atoms. The Labute approximate surface area is 376 Å². The van der Waals surface area contributed by atoms with E-state index in [1.54, 1.807) is 24.3 Å². The predicted octanol–water partition coefficient (Wildman–Crippen LogP) is 13.2. The molecule has 65 heavy (non-hydrogen) atoms. The highest BCUT2D eigenvalue weighted by molar-refractivity contribution is 7.91. The van der Waals surface area contributed by atoms with Crippen molar-refractivity contribution in [3.63, 3.8) is 0 Å². The molecule has 0 amide bonds. The number of sulfone groups is 1. The first-order chi connectivity index (χ1) is 32.0. The van der Waals surface area contributed by atoms with Crippen LogP contribution in [-0.2, 0) is 15.3 Å². The molecule has 1 aliphatic rings. The van der Waals surface area contributed by atoms with E-state index in [9.17, 15) is 8.42 Å². The van der Waals surface area contributed by atoms with Gasteiger partial charge in [-0.05, 0) is 94.0 Å². The van der Waals surface area contributed by atoms with Crippen molar-refractivity contribution in [2.24, 2.45) is 0 Å². The third-order valence-corrected chi connectivity index (χ3v) is 14.6. The van der Waals surface area contributed by atoms with Crippen molar-refractivity contribution in [2.45, 2.75) is 15.2 Å². The van der Waals surface area contributed by atoms with Crippen LogP contribution < -0.4 is 0 Å². The molecule has 0 unspecified atom stereocenters. The molecule has 0 fully saturated rings. The van der Waals surface area contributed by atoms with Crippen molar-refractivity contribution < 1.29 is 8.42 Å². The lowest BCUT2D eigenvalue weighted by molar-refractivity contribution is 0.579. The monoisotopic (exact) mass is 854 g/mol. The summed E-state index contributed by atoms with van der Waals surface area (Å²) in [5, 5.41) is 2.26. The summed E-state index contributed by atoms with van der Waals surface area (Å²) in [6.45, 7) is 0.